The first kappa shape index (κ1) is 9.50. The van der Waals surface area contributed by atoms with Crippen molar-refractivity contribution in [3.05, 3.63) is 28.7 Å². The molecule has 0 aliphatic rings. The zero-order valence-electron chi connectivity index (χ0n) is 8.03. The summed E-state index contributed by atoms with van der Waals surface area (Å²) in [6.07, 6.45) is 0. The van der Waals surface area contributed by atoms with E-state index in [9.17, 15) is 4.79 Å². The molecule has 0 unspecified atom stereocenters. The van der Waals surface area contributed by atoms with E-state index in [1.54, 1.807) is 0 Å². The Morgan fingerprint density at radius 1 is 1.43 bits per heavy atom. The fourth-order valence-electron chi connectivity index (χ4n) is 1.35. The molecule has 0 amide bonds. The first-order valence-corrected chi connectivity index (χ1v) is 6.17. The van der Waals surface area contributed by atoms with E-state index in [0.717, 1.165) is 11.1 Å². The predicted molar refractivity (Wildman–Crippen MR) is 56.9 cm³/mol. The van der Waals surface area contributed by atoms with Crippen molar-refractivity contribution in [2.45, 2.75) is 13.8 Å². The van der Waals surface area contributed by atoms with Gasteiger partial charge in [-0.1, -0.05) is 0 Å². The zero-order valence-corrected chi connectivity index (χ0v) is 9.75. The van der Waals surface area contributed by atoms with Crippen LogP contribution in [0.3, 0.4) is 0 Å². The average molecular weight is 253 g/mol. The molecule has 2 rings (SSSR count). The molecule has 0 aliphatic heterocycles. The number of carbonyl (C=O) groups excluding carboxylic acids is 1. The monoisotopic (exact) mass is 254 g/mol. The van der Waals surface area contributed by atoms with Crippen LogP contribution in [0.5, 0.6) is 5.75 Å². The van der Waals surface area contributed by atoms with Crippen LogP contribution in [0.25, 0.3) is 9.65 Å². The van der Waals surface area contributed by atoms with E-state index < -0.39 is 0 Å². The molecule has 14 heavy (non-hydrogen) atoms. The predicted octanol–water partition coefficient (Wildman–Crippen LogP) is 2.13. The fourth-order valence-corrected chi connectivity index (χ4v) is 3.12. The first-order valence-electron chi connectivity index (χ1n) is 4.33. The van der Waals surface area contributed by atoms with Crippen molar-refractivity contribution in [3.8, 4) is 5.75 Å². The van der Waals surface area contributed by atoms with Crippen molar-refractivity contribution < 1.29 is 9.53 Å². The molecular formula is C11H10O2Se. The van der Waals surface area contributed by atoms with E-state index in [1.807, 2.05) is 11.9 Å². The molecule has 3 heteroatoms. The zero-order chi connectivity index (χ0) is 10.1. The molecule has 1 heterocycles. The van der Waals surface area contributed by atoms with Crippen LogP contribution in [-0.2, 0) is 4.79 Å². The van der Waals surface area contributed by atoms with E-state index in [0.29, 0.717) is 14.5 Å². The van der Waals surface area contributed by atoms with E-state index >= 15 is 0 Å². The number of ether oxygens (including phenoxy) is 1. The number of fused-ring (bicyclic) bond motifs is 1. The Morgan fingerprint density at radius 3 is 2.93 bits per heavy atom. The number of esters is 1. The number of benzene rings is 1. The van der Waals surface area contributed by atoms with Gasteiger partial charge in [-0.05, 0) is 0 Å². The third-order valence-corrected chi connectivity index (χ3v) is 3.92. The van der Waals surface area contributed by atoms with Gasteiger partial charge in [0.05, 0.1) is 0 Å². The molecule has 0 aliphatic carbocycles. The van der Waals surface area contributed by atoms with E-state index in [4.69, 9.17) is 4.74 Å². The van der Waals surface area contributed by atoms with Gasteiger partial charge in [0.1, 0.15) is 0 Å². The number of carbonyl (C=O) groups is 1. The van der Waals surface area contributed by atoms with Gasteiger partial charge in [0.15, 0.2) is 0 Å². The Bertz CT molecular complexity index is 485. The van der Waals surface area contributed by atoms with Gasteiger partial charge in [-0.25, -0.2) is 0 Å². The Kier molecular flexibility index (Phi) is 2.44. The van der Waals surface area contributed by atoms with Crippen LogP contribution in [0.15, 0.2) is 23.1 Å². The van der Waals surface area contributed by atoms with Crippen LogP contribution < -0.4 is 4.74 Å². The quantitative estimate of drug-likeness (QED) is 0.575. The van der Waals surface area contributed by atoms with Crippen LogP contribution in [0.2, 0.25) is 0 Å². The SMILES string of the molecule is CC(=O)Oc1c[se]c2ccc(C)cc12. The van der Waals surface area contributed by atoms with E-state index in [-0.39, 0.29) is 5.97 Å². The van der Waals surface area contributed by atoms with Crippen molar-refractivity contribution in [3.63, 3.8) is 0 Å². The van der Waals surface area contributed by atoms with Gasteiger partial charge in [0, 0.05) is 0 Å². The van der Waals surface area contributed by atoms with Gasteiger partial charge in [-0.15, -0.1) is 0 Å². The molecule has 0 saturated carbocycles. The van der Waals surface area contributed by atoms with Crippen LogP contribution >= 0.6 is 0 Å². The summed E-state index contributed by atoms with van der Waals surface area (Å²) < 4.78 is 6.42. The molecule has 72 valence electrons. The third-order valence-electron chi connectivity index (χ3n) is 1.95. The summed E-state index contributed by atoms with van der Waals surface area (Å²) in [6, 6.07) is 6.27. The molecule has 0 bridgehead atoms. The molecule has 0 spiro atoms. The van der Waals surface area contributed by atoms with Gasteiger partial charge >= 0.3 is 88.0 Å². The summed E-state index contributed by atoms with van der Waals surface area (Å²) in [6.45, 7) is 3.47. The third kappa shape index (κ3) is 1.74. The van der Waals surface area contributed by atoms with Gasteiger partial charge in [-0.2, -0.15) is 0 Å². The number of rotatable bonds is 1. The summed E-state index contributed by atoms with van der Waals surface area (Å²) in [4.78, 5) is 12.9. The molecule has 0 radical (unpaired) electrons. The normalized spacial score (nSPS) is 10.4. The first-order chi connectivity index (χ1) is 6.66. The molecule has 0 fully saturated rings. The van der Waals surface area contributed by atoms with Gasteiger partial charge in [0.25, 0.3) is 0 Å². The number of hydrogen-bond acceptors (Lipinski definition) is 2. The summed E-state index contributed by atoms with van der Waals surface area (Å²) >= 11 is 0.313. The second kappa shape index (κ2) is 3.60. The van der Waals surface area contributed by atoms with Crippen molar-refractivity contribution >= 4 is 30.1 Å². The van der Waals surface area contributed by atoms with Crippen LogP contribution in [0.4, 0.5) is 0 Å². The Hall–Kier alpha value is -1.05. The van der Waals surface area contributed by atoms with Gasteiger partial charge < -0.3 is 0 Å². The summed E-state index contributed by atoms with van der Waals surface area (Å²) in [5, 5.41) is 1.08. The Labute approximate surface area is 88.2 Å². The Balaban J connectivity index is 2.55. The molecule has 2 aromatic rings. The van der Waals surface area contributed by atoms with E-state index in [2.05, 4.69) is 18.2 Å². The maximum atomic E-state index is 10.8. The molecular weight excluding hydrogens is 243 g/mol. The maximum absolute atomic E-state index is 10.8. The topological polar surface area (TPSA) is 26.3 Å². The van der Waals surface area contributed by atoms with Crippen molar-refractivity contribution in [1.29, 1.82) is 0 Å². The van der Waals surface area contributed by atoms with Crippen molar-refractivity contribution in [2.75, 3.05) is 0 Å². The Morgan fingerprint density at radius 2 is 2.21 bits per heavy atom. The average Bonchev–Trinajstić information content (AvgIpc) is 2.47. The molecule has 0 saturated heterocycles. The number of aryl methyl sites for hydroxylation is 1. The van der Waals surface area contributed by atoms with Crippen LogP contribution in [0, 0.1) is 6.92 Å². The molecule has 2 nitrogen and oxygen atoms in total. The fraction of sp³-hybridized carbons (Fsp3) is 0.182. The molecule has 1 aromatic heterocycles. The van der Waals surface area contributed by atoms with Crippen LogP contribution in [0.1, 0.15) is 12.5 Å². The molecule has 0 atom stereocenters. The second-order valence-corrected chi connectivity index (χ2v) is 5.11. The van der Waals surface area contributed by atoms with E-state index in [1.165, 1.54) is 16.7 Å². The molecule has 1 aromatic carbocycles. The molecule has 0 N–H and O–H groups in total. The van der Waals surface area contributed by atoms with Crippen LogP contribution in [-0.4, -0.2) is 20.5 Å². The van der Waals surface area contributed by atoms with Gasteiger partial charge in [-0.3, -0.25) is 0 Å². The summed E-state index contributed by atoms with van der Waals surface area (Å²) in [5.41, 5.74) is 1.19. The standard InChI is InChI=1S/C11H10O2Se/c1-7-3-4-11-9(5-7)10(6-14-11)13-8(2)12/h3-6H,1-2H3. The summed E-state index contributed by atoms with van der Waals surface area (Å²) in [5.74, 6) is 0.484. The van der Waals surface area contributed by atoms with Crippen molar-refractivity contribution in [2.24, 2.45) is 0 Å². The minimum atomic E-state index is -0.249. The second-order valence-electron chi connectivity index (χ2n) is 3.19. The minimum absolute atomic E-state index is 0.249. The summed E-state index contributed by atoms with van der Waals surface area (Å²) in [7, 11) is 0. The number of hydrogen-bond donors (Lipinski definition) is 0. The van der Waals surface area contributed by atoms with Crippen molar-refractivity contribution in [1.82, 2.24) is 0 Å². The van der Waals surface area contributed by atoms with Gasteiger partial charge in [0.2, 0.25) is 0 Å².